The number of rotatable bonds is 4. The van der Waals surface area contributed by atoms with E-state index in [1.807, 2.05) is 30.6 Å². The maximum absolute atomic E-state index is 11.5. The van der Waals surface area contributed by atoms with Gasteiger partial charge < -0.3 is 16.8 Å². The van der Waals surface area contributed by atoms with Crippen LogP contribution in [0.25, 0.3) is 0 Å². The Balaban J connectivity index is 0.00000180. The van der Waals surface area contributed by atoms with Crippen molar-refractivity contribution in [1.82, 2.24) is 5.43 Å². The van der Waals surface area contributed by atoms with Gasteiger partial charge in [-0.25, -0.2) is 5.43 Å². The van der Waals surface area contributed by atoms with Gasteiger partial charge >= 0.3 is 5.91 Å². The van der Waals surface area contributed by atoms with Crippen molar-refractivity contribution in [3.05, 3.63) is 53.2 Å². The molecule has 0 bridgehead atoms. The van der Waals surface area contributed by atoms with Crippen LogP contribution in [-0.2, 0) is 11.3 Å². The average molecular weight is 345 g/mol. The molecule has 100 valence electrons. The number of hydrazone groups is 1. The van der Waals surface area contributed by atoms with Crippen molar-refractivity contribution in [2.24, 2.45) is 5.10 Å². The predicted molar refractivity (Wildman–Crippen MR) is 68.8 cm³/mol. The molecule has 7 heteroatoms. The number of hydrogen-bond donors (Lipinski definition) is 1. The third kappa shape index (κ3) is 5.23. The summed E-state index contributed by atoms with van der Waals surface area (Å²) in [4.78, 5) is 11.5. The smallest absolute Gasteiger partial charge is 0.305 e. The highest BCUT2D eigenvalue weighted by Gasteiger charge is 2.06. The summed E-state index contributed by atoms with van der Waals surface area (Å²) < 4.78 is 7.57. The van der Waals surface area contributed by atoms with Gasteiger partial charge in [0.2, 0.25) is 6.54 Å². The fourth-order valence-corrected chi connectivity index (χ4v) is 1.63. The van der Waals surface area contributed by atoms with Crippen LogP contribution < -0.4 is 22.4 Å². The Hall–Kier alpha value is -1.66. The summed E-state index contributed by atoms with van der Waals surface area (Å²) in [7, 11) is 0. The van der Waals surface area contributed by atoms with Crippen LogP contribution in [0.4, 0.5) is 0 Å². The number of halogens is 2. The number of nitrogens with zero attached hydrogens (tertiary/aromatic N) is 2. The van der Waals surface area contributed by atoms with Gasteiger partial charge in [0.05, 0.1) is 6.21 Å². The molecular formula is C12H11BrClN3O2. The largest absolute Gasteiger partial charge is 1.00 e. The Bertz CT molecular complexity index is 557. The first kappa shape index (κ1) is 15.4. The highest BCUT2D eigenvalue weighted by Crippen LogP contribution is 2.11. The van der Waals surface area contributed by atoms with Gasteiger partial charge in [-0.1, -0.05) is 6.07 Å². The summed E-state index contributed by atoms with van der Waals surface area (Å²) in [5.74, 6) is 0.364. The van der Waals surface area contributed by atoms with Crippen molar-refractivity contribution in [2.75, 3.05) is 0 Å². The second-order valence-corrected chi connectivity index (χ2v) is 4.26. The van der Waals surface area contributed by atoms with Crippen LogP contribution in [0.3, 0.4) is 0 Å². The van der Waals surface area contributed by atoms with E-state index in [9.17, 15) is 4.79 Å². The molecular weight excluding hydrogens is 334 g/mol. The molecule has 0 aliphatic rings. The molecule has 0 radical (unpaired) electrons. The average Bonchev–Trinajstić information content (AvgIpc) is 2.76. The molecule has 2 aromatic rings. The summed E-state index contributed by atoms with van der Waals surface area (Å²) in [6, 6.07) is 9.10. The minimum atomic E-state index is -0.201. The third-order valence-corrected chi connectivity index (χ3v) is 2.50. The molecule has 2 rings (SSSR count). The van der Waals surface area contributed by atoms with Crippen molar-refractivity contribution >= 4 is 28.1 Å². The molecule has 2 heterocycles. The van der Waals surface area contributed by atoms with E-state index in [2.05, 4.69) is 26.5 Å². The molecule has 5 nitrogen and oxygen atoms in total. The van der Waals surface area contributed by atoms with Crippen molar-refractivity contribution < 1.29 is 26.2 Å². The van der Waals surface area contributed by atoms with E-state index >= 15 is 0 Å². The number of carbonyl (C=O) groups is 1. The van der Waals surface area contributed by atoms with E-state index in [0.717, 1.165) is 0 Å². The van der Waals surface area contributed by atoms with Crippen molar-refractivity contribution in [1.29, 1.82) is 0 Å². The first-order valence-electron chi connectivity index (χ1n) is 5.25. The van der Waals surface area contributed by atoms with E-state index < -0.39 is 0 Å². The zero-order valence-electron chi connectivity index (χ0n) is 9.79. The molecule has 2 aromatic heterocycles. The summed E-state index contributed by atoms with van der Waals surface area (Å²) in [6.45, 7) is 0.222. The quantitative estimate of drug-likeness (QED) is 0.416. The topological polar surface area (TPSA) is 58.5 Å². The minimum Gasteiger partial charge on any atom is -1.00 e. The number of hydrogen-bond acceptors (Lipinski definition) is 3. The Kier molecular flexibility index (Phi) is 6.24. The maximum atomic E-state index is 11.5. The zero-order chi connectivity index (χ0) is 12.8. The zero-order valence-corrected chi connectivity index (χ0v) is 12.1. The van der Waals surface area contributed by atoms with Gasteiger partial charge in [0.15, 0.2) is 17.1 Å². The lowest BCUT2D eigenvalue weighted by molar-refractivity contribution is -0.684. The molecule has 0 unspecified atom stereocenters. The van der Waals surface area contributed by atoms with Gasteiger partial charge in [-0.2, -0.15) is 9.67 Å². The van der Waals surface area contributed by atoms with E-state index in [1.165, 1.54) is 6.21 Å². The third-order valence-electron chi connectivity index (χ3n) is 2.08. The number of aromatic nitrogens is 1. The molecule has 0 saturated heterocycles. The lowest BCUT2D eigenvalue weighted by atomic mass is 10.4. The van der Waals surface area contributed by atoms with Crippen LogP contribution in [0.5, 0.6) is 0 Å². The molecule has 0 aliphatic carbocycles. The highest BCUT2D eigenvalue weighted by molar-refractivity contribution is 9.10. The van der Waals surface area contributed by atoms with Gasteiger partial charge in [0.25, 0.3) is 0 Å². The minimum absolute atomic E-state index is 0. The van der Waals surface area contributed by atoms with E-state index in [4.69, 9.17) is 4.42 Å². The summed E-state index contributed by atoms with van der Waals surface area (Å²) in [6.07, 6.45) is 5.07. The number of pyridine rings is 1. The maximum Gasteiger partial charge on any atom is 0.305 e. The Morgan fingerprint density at radius 1 is 1.37 bits per heavy atom. The van der Waals surface area contributed by atoms with Crippen LogP contribution in [0.15, 0.2) is 56.9 Å². The molecule has 19 heavy (non-hydrogen) atoms. The number of nitrogens with one attached hydrogen (secondary N) is 1. The number of carbonyl (C=O) groups excluding carboxylic acids is 1. The summed E-state index contributed by atoms with van der Waals surface area (Å²) >= 11 is 3.18. The lowest BCUT2D eigenvalue weighted by Crippen LogP contribution is -3.00. The van der Waals surface area contributed by atoms with Crippen LogP contribution in [0.2, 0.25) is 0 Å². The molecule has 0 aromatic carbocycles. The monoisotopic (exact) mass is 343 g/mol. The van der Waals surface area contributed by atoms with Gasteiger partial charge in [-0.15, -0.1) is 0 Å². The number of amides is 1. The standard InChI is InChI=1S/C12H10BrN3O2.ClH/c13-11-5-4-10(18-11)8-14-15-12(17)9-16-6-2-1-3-7-16;/h1-8H,9H2;1H/b14-8-;. The van der Waals surface area contributed by atoms with E-state index in [-0.39, 0.29) is 24.9 Å². The first-order valence-corrected chi connectivity index (χ1v) is 6.05. The number of furan rings is 1. The van der Waals surface area contributed by atoms with Crippen LogP contribution >= 0.6 is 15.9 Å². The van der Waals surface area contributed by atoms with Gasteiger partial charge in [0.1, 0.15) is 5.76 Å². The fourth-order valence-electron chi connectivity index (χ4n) is 1.31. The normalized spacial score (nSPS) is 10.2. The highest BCUT2D eigenvalue weighted by atomic mass is 79.9. The molecule has 0 fully saturated rings. The van der Waals surface area contributed by atoms with Crippen LogP contribution in [0, 0.1) is 0 Å². The Morgan fingerprint density at radius 2 is 2.11 bits per heavy atom. The SMILES string of the molecule is O=C(C[n+]1ccccc1)N/N=C\c1ccc(Br)o1.[Cl-]. The summed E-state index contributed by atoms with van der Waals surface area (Å²) in [5.41, 5.74) is 2.42. The molecule has 1 amide bonds. The second-order valence-electron chi connectivity index (χ2n) is 3.48. The molecule has 0 aliphatic heterocycles. The van der Waals surface area contributed by atoms with Crippen molar-refractivity contribution in [3.8, 4) is 0 Å². The lowest BCUT2D eigenvalue weighted by Gasteiger charge is -1.95. The molecule has 0 atom stereocenters. The van der Waals surface area contributed by atoms with E-state index in [1.54, 1.807) is 16.7 Å². The Morgan fingerprint density at radius 3 is 2.74 bits per heavy atom. The predicted octanol–water partition coefficient (Wildman–Crippen LogP) is -1.52. The molecule has 0 spiro atoms. The molecule has 1 N–H and O–H groups in total. The van der Waals surface area contributed by atoms with Crippen molar-refractivity contribution in [3.63, 3.8) is 0 Å². The second kappa shape index (κ2) is 7.70. The van der Waals surface area contributed by atoms with Crippen LogP contribution in [0.1, 0.15) is 5.76 Å². The first-order chi connectivity index (χ1) is 8.74. The van der Waals surface area contributed by atoms with Gasteiger partial charge in [-0.05, 0) is 28.1 Å². The van der Waals surface area contributed by atoms with Crippen molar-refractivity contribution in [2.45, 2.75) is 6.54 Å². The van der Waals surface area contributed by atoms with Gasteiger partial charge in [-0.3, -0.25) is 4.79 Å². The van der Waals surface area contributed by atoms with E-state index in [0.29, 0.717) is 10.4 Å². The Labute approximate surface area is 124 Å². The van der Waals surface area contributed by atoms with Crippen LogP contribution in [-0.4, -0.2) is 12.1 Å². The molecule has 0 saturated carbocycles. The fraction of sp³-hybridized carbons (Fsp3) is 0.0833. The summed E-state index contributed by atoms with van der Waals surface area (Å²) in [5, 5.41) is 3.80. The van der Waals surface area contributed by atoms with Gasteiger partial charge in [0, 0.05) is 12.1 Å².